The first-order valence-electron chi connectivity index (χ1n) is 8.07. The van der Waals surface area contributed by atoms with E-state index in [1.165, 1.54) is 4.80 Å². The molecule has 0 aliphatic carbocycles. The molecule has 136 valence electrons. The van der Waals surface area contributed by atoms with E-state index in [9.17, 15) is 5.11 Å². The third-order valence-corrected chi connectivity index (χ3v) is 4.05. The van der Waals surface area contributed by atoms with Gasteiger partial charge in [-0.2, -0.15) is 4.80 Å². The fourth-order valence-electron chi connectivity index (χ4n) is 2.36. The van der Waals surface area contributed by atoms with Gasteiger partial charge in [0, 0.05) is 10.6 Å². The summed E-state index contributed by atoms with van der Waals surface area (Å²) >= 11 is 6.07. The van der Waals surface area contributed by atoms with Crippen molar-refractivity contribution in [2.45, 2.75) is 19.3 Å². The molecule has 0 spiro atoms. The Morgan fingerprint density at radius 1 is 1.19 bits per heavy atom. The normalized spacial score (nSPS) is 12.1. The highest BCUT2D eigenvalue weighted by Gasteiger charge is 2.11. The molecule has 0 aliphatic rings. The van der Waals surface area contributed by atoms with Gasteiger partial charge in [-0.3, -0.25) is 0 Å². The Kier molecular flexibility index (Phi) is 6.17. The Hall–Kier alpha value is -2.48. The largest absolute Gasteiger partial charge is 0.497 e. The van der Waals surface area contributed by atoms with Crippen molar-refractivity contribution in [2.75, 3.05) is 13.7 Å². The molecule has 3 aromatic rings. The van der Waals surface area contributed by atoms with Gasteiger partial charge in [0.15, 0.2) is 0 Å². The summed E-state index contributed by atoms with van der Waals surface area (Å²) in [5.74, 6) is 1.18. The van der Waals surface area contributed by atoms with Crippen LogP contribution in [0.1, 0.15) is 5.56 Å². The molecule has 1 atom stereocenters. The maximum atomic E-state index is 10.1. The number of benzene rings is 2. The van der Waals surface area contributed by atoms with Crippen LogP contribution in [-0.4, -0.2) is 45.1 Å². The van der Waals surface area contributed by atoms with E-state index in [2.05, 4.69) is 15.4 Å². The van der Waals surface area contributed by atoms with Crippen LogP contribution in [0.2, 0.25) is 5.02 Å². The molecule has 1 unspecified atom stereocenters. The molecule has 0 saturated heterocycles. The number of hydrogen-bond donors (Lipinski definition) is 1. The first kappa shape index (κ1) is 18.3. The highest BCUT2D eigenvalue weighted by atomic mass is 35.5. The smallest absolute Gasteiger partial charge is 0.205 e. The van der Waals surface area contributed by atoms with E-state index in [1.807, 2.05) is 42.5 Å². The van der Waals surface area contributed by atoms with Gasteiger partial charge in [-0.05, 0) is 29.0 Å². The van der Waals surface area contributed by atoms with Crippen LogP contribution in [0.3, 0.4) is 0 Å². The summed E-state index contributed by atoms with van der Waals surface area (Å²) in [6, 6.07) is 14.8. The number of methoxy groups -OCH3 is 1. The Morgan fingerprint density at radius 2 is 2.04 bits per heavy atom. The van der Waals surface area contributed by atoms with Crippen molar-refractivity contribution in [3.63, 3.8) is 0 Å². The summed E-state index contributed by atoms with van der Waals surface area (Å²) < 4.78 is 10.7. The number of aliphatic hydroxyl groups is 1. The summed E-state index contributed by atoms with van der Waals surface area (Å²) in [7, 11) is 1.60. The molecule has 0 aliphatic heterocycles. The average molecular weight is 375 g/mol. The van der Waals surface area contributed by atoms with Crippen molar-refractivity contribution in [1.29, 1.82) is 0 Å². The molecule has 2 aromatic carbocycles. The van der Waals surface area contributed by atoms with Crippen LogP contribution in [0.5, 0.6) is 5.75 Å². The van der Waals surface area contributed by atoms with E-state index in [1.54, 1.807) is 13.2 Å². The molecule has 3 rings (SSSR count). The summed E-state index contributed by atoms with van der Waals surface area (Å²) in [5.41, 5.74) is 1.67. The zero-order chi connectivity index (χ0) is 18.4. The van der Waals surface area contributed by atoms with E-state index in [0.29, 0.717) is 23.2 Å². The van der Waals surface area contributed by atoms with Crippen molar-refractivity contribution >= 4 is 11.6 Å². The van der Waals surface area contributed by atoms with Crippen LogP contribution in [0, 0.1) is 0 Å². The highest BCUT2D eigenvalue weighted by Crippen LogP contribution is 2.20. The van der Waals surface area contributed by atoms with Gasteiger partial charge in [0.2, 0.25) is 5.82 Å². The van der Waals surface area contributed by atoms with Gasteiger partial charge in [-0.1, -0.05) is 41.9 Å². The Morgan fingerprint density at radius 3 is 2.85 bits per heavy atom. The highest BCUT2D eigenvalue weighted by molar-refractivity contribution is 6.31. The second kappa shape index (κ2) is 8.75. The van der Waals surface area contributed by atoms with Gasteiger partial charge in [0.05, 0.1) is 33.0 Å². The van der Waals surface area contributed by atoms with Crippen LogP contribution in [0.4, 0.5) is 0 Å². The van der Waals surface area contributed by atoms with Gasteiger partial charge in [-0.15, -0.1) is 10.2 Å². The molecule has 0 fully saturated rings. The van der Waals surface area contributed by atoms with Crippen molar-refractivity contribution in [2.24, 2.45) is 0 Å². The summed E-state index contributed by atoms with van der Waals surface area (Å²) in [4.78, 5) is 1.35. The molecule has 8 heteroatoms. The van der Waals surface area contributed by atoms with Gasteiger partial charge >= 0.3 is 0 Å². The van der Waals surface area contributed by atoms with Crippen LogP contribution in [0.15, 0.2) is 48.5 Å². The van der Waals surface area contributed by atoms with Crippen molar-refractivity contribution in [3.05, 3.63) is 59.1 Å². The molecule has 7 nitrogen and oxygen atoms in total. The van der Waals surface area contributed by atoms with Gasteiger partial charge in [0.1, 0.15) is 5.75 Å². The summed E-state index contributed by atoms with van der Waals surface area (Å²) in [6.07, 6.45) is -0.759. The molecule has 1 aromatic heterocycles. The maximum absolute atomic E-state index is 10.1. The molecule has 0 amide bonds. The zero-order valence-electron chi connectivity index (χ0n) is 14.2. The summed E-state index contributed by atoms with van der Waals surface area (Å²) in [5, 5.41) is 23.0. The second-order valence-electron chi connectivity index (χ2n) is 5.66. The third-order valence-electron chi connectivity index (χ3n) is 3.68. The van der Waals surface area contributed by atoms with Crippen molar-refractivity contribution < 1.29 is 14.6 Å². The average Bonchev–Trinajstić information content (AvgIpc) is 3.12. The number of nitrogens with zero attached hydrogens (tertiary/aromatic N) is 4. The van der Waals surface area contributed by atoms with Gasteiger partial charge in [0.25, 0.3) is 0 Å². The summed E-state index contributed by atoms with van der Waals surface area (Å²) in [6.45, 7) is 0.650. The lowest BCUT2D eigenvalue weighted by Gasteiger charge is -2.11. The lowest BCUT2D eigenvalue weighted by Crippen LogP contribution is -2.23. The van der Waals surface area contributed by atoms with E-state index >= 15 is 0 Å². The number of hydrogen-bond acceptors (Lipinski definition) is 6. The number of rotatable bonds is 8. The molecular formula is C18H19ClN4O3. The van der Waals surface area contributed by atoms with Gasteiger partial charge < -0.3 is 14.6 Å². The number of halogens is 1. The Balaban J connectivity index is 1.52. The minimum Gasteiger partial charge on any atom is -0.497 e. The number of tetrazole rings is 1. The minimum absolute atomic E-state index is 0.140. The molecule has 0 radical (unpaired) electrons. The van der Waals surface area contributed by atoms with E-state index < -0.39 is 6.10 Å². The van der Waals surface area contributed by atoms with Crippen LogP contribution in [0.25, 0.3) is 11.4 Å². The monoisotopic (exact) mass is 374 g/mol. The number of aromatic nitrogens is 4. The van der Waals surface area contributed by atoms with Crippen LogP contribution >= 0.6 is 11.6 Å². The minimum atomic E-state index is -0.759. The first-order valence-corrected chi connectivity index (χ1v) is 8.45. The molecule has 1 N–H and O–H groups in total. The molecule has 0 saturated carbocycles. The Labute approximate surface area is 156 Å². The molecule has 26 heavy (non-hydrogen) atoms. The molecule has 1 heterocycles. The predicted octanol–water partition coefficient (Wildman–Crippen LogP) is 2.58. The lowest BCUT2D eigenvalue weighted by atomic mass is 10.2. The third kappa shape index (κ3) is 4.78. The standard InChI is InChI=1S/C18H19ClN4O3/c1-25-16-7-4-6-13(9-16)18-20-22-23(21-18)10-15(24)12-26-11-14-5-2-3-8-17(14)19/h2-9,15,24H,10-12H2,1H3. The van der Waals surface area contributed by atoms with Gasteiger partial charge in [-0.25, -0.2) is 0 Å². The van der Waals surface area contributed by atoms with Crippen molar-refractivity contribution in [3.8, 4) is 17.1 Å². The number of aliphatic hydroxyl groups excluding tert-OH is 1. The SMILES string of the molecule is COc1cccc(-c2nnn(CC(O)COCc3ccccc3Cl)n2)c1. The molecular weight excluding hydrogens is 356 g/mol. The van der Waals surface area contributed by atoms with E-state index in [0.717, 1.165) is 11.1 Å². The van der Waals surface area contributed by atoms with Crippen molar-refractivity contribution in [1.82, 2.24) is 20.2 Å². The predicted molar refractivity (Wildman–Crippen MR) is 96.9 cm³/mol. The molecule has 0 bridgehead atoms. The maximum Gasteiger partial charge on any atom is 0.205 e. The van der Waals surface area contributed by atoms with Crippen LogP contribution < -0.4 is 4.74 Å². The first-order chi connectivity index (χ1) is 12.7. The number of ether oxygens (including phenoxy) is 2. The Bertz CT molecular complexity index is 856. The fraction of sp³-hybridized carbons (Fsp3) is 0.278. The van der Waals surface area contributed by atoms with E-state index in [4.69, 9.17) is 21.1 Å². The van der Waals surface area contributed by atoms with Crippen LogP contribution in [-0.2, 0) is 17.9 Å². The zero-order valence-corrected chi connectivity index (χ0v) is 15.0. The second-order valence-corrected chi connectivity index (χ2v) is 6.07. The van der Waals surface area contributed by atoms with E-state index in [-0.39, 0.29) is 13.2 Å². The topological polar surface area (TPSA) is 82.3 Å². The fourth-order valence-corrected chi connectivity index (χ4v) is 2.55. The lowest BCUT2D eigenvalue weighted by molar-refractivity contribution is 0.0165. The quantitative estimate of drug-likeness (QED) is 0.652.